The number of halogens is 1. The number of nitrogens with one attached hydrogen (secondary N) is 1. The number of benzene rings is 1. The molecule has 3 aromatic rings. The molecule has 1 saturated heterocycles. The van der Waals surface area contributed by atoms with Gasteiger partial charge in [-0.15, -0.1) is 10.2 Å². The minimum absolute atomic E-state index is 0.134. The second-order valence-corrected chi connectivity index (χ2v) is 6.81. The highest BCUT2D eigenvalue weighted by atomic mass is 35.5. The lowest BCUT2D eigenvalue weighted by Gasteiger charge is -2.34. The van der Waals surface area contributed by atoms with E-state index in [1.54, 1.807) is 12.4 Å². The molecule has 1 N–H and O–H groups in total. The Morgan fingerprint density at radius 2 is 1.88 bits per heavy atom. The SMILES string of the molecule is C[C@H](c1nnc(-c2cccc(Cl)c2)o1)[NH+]1CCN(c2ncccn2)CC1. The Bertz CT molecular complexity index is 863. The molecule has 2 aromatic heterocycles. The summed E-state index contributed by atoms with van der Waals surface area (Å²) in [6, 6.07) is 9.41. The van der Waals surface area contributed by atoms with Crippen LogP contribution in [0.3, 0.4) is 0 Å². The molecule has 26 heavy (non-hydrogen) atoms. The number of hydrogen-bond acceptors (Lipinski definition) is 6. The summed E-state index contributed by atoms with van der Waals surface area (Å²) in [6.45, 7) is 5.86. The average Bonchev–Trinajstić information content (AvgIpc) is 3.18. The molecule has 0 bridgehead atoms. The van der Waals surface area contributed by atoms with Gasteiger partial charge in [-0.05, 0) is 31.2 Å². The lowest BCUT2D eigenvalue weighted by Crippen LogP contribution is -3.14. The average molecular weight is 372 g/mol. The number of aromatic nitrogens is 4. The Balaban J connectivity index is 1.42. The van der Waals surface area contributed by atoms with Gasteiger partial charge in [0.05, 0.1) is 26.2 Å². The van der Waals surface area contributed by atoms with Crippen LogP contribution in [-0.4, -0.2) is 46.3 Å². The summed E-state index contributed by atoms with van der Waals surface area (Å²) in [5, 5.41) is 9.10. The summed E-state index contributed by atoms with van der Waals surface area (Å²) >= 11 is 6.04. The molecule has 134 valence electrons. The molecular weight excluding hydrogens is 352 g/mol. The zero-order valence-electron chi connectivity index (χ0n) is 14.5. The van der Waals surface area contributed by atoms with E-state index in [9.17, 15) is 0 Å². The molecule has 1 aliphatic heterocycles. The van der Waals surface area contributed by atoms with Crippen LogP contribution >= 0.6 is 11.6 Å². The minimum atomic E-state index is 0.134. The molecule has 0 unspecified atom stereocenters. The predicted molar refractivity (Wildman–Crippen MR) is 98.1 cm³/mol. The lowest BCUT2D eigenvalue weighted by molar-refractivity contribution is -0.931. The zero-order chi connectivity index (χ0) is 17.9. The van der Waals surface area contributed by atoms with Gasteiger partial charge in [-0.2, -0.15) is 0 Å². The lowest BCUT2D eigenvalue weighted by atomic mass is 10.2. The summed E-state index contributed by atoms with van der Waals surface area (Å²) in [5.41, 5.74) is 0.837. The van der Waals surface area contributed by atoms with Gasteiger partial charge in [-0.1, -0.05) is 17.7 Å². The third-order valence-electron chi connectivity index (χ3n) is 4.74. The highest BCUT2D eigenvalue weighted by Crippen LogP contribution is 2.22. The highest BCUT2D eigenvalue weighted by Gasteiger charge is 2.30. The van der Waals surface area contributed by atoms with Gasteiger partial charge in [0.25, 0.3) is 5.89 Å². The first kappa shape index (κ1) is 16.9. The van der Waals surface area contributed by atoms with Crippen LogP contribution in [0.4, 0.5) is 5.95 Å². The van der Waals surface area contributed by atoms with Crippen LogP contribution in [0.5, 0.6) is 0 Å². The number of quaternary nitrogens is 1. The van der Waals surface area contributed by atoms with E-state index in [1.807, 2.05) is 30.3 Å². The first-order valence-corrected chi connectivity index (χ1v) is 9.04. The standard InChI is InChI=1S/C18H19ClN6O/c1-13(16-22-23-17(26-16)14-4-2-5-15(19)12-14)24-8-10-25(11-9-24)18-20-6-3-7-21-18/h2-7,12-13H,8-11H2,1H3/p+1/t13-/m1/s1. The first-order valence-electron chi connectivity index (χ1n) is 8.66. The summed E-state index contributed by atoms with van der Waals surface area (Å²) < 4.78 is 5.91. The molecule has 1 atom stereocenters. The van der Waals surface area contributed by atoms with Crippen molar-refractivity contribution >= 4 is 17.5 Å². The molecule has 0 spiro atoms. The minimum Gasteiger partial charge on any atom is -0.415 e. The highest BCUT2D eigenvalue weighted by molar-refractivity contribution is 6.30. The van der Waals surface area contributed by atoms with Crippen molar-refractivity contribution in [2.75, 3.05) is 31.1 Å². The fourth-order valence-corrected chi connectivity index (χ4v) is 3.39. The van der Waals surface area contributed by atoms with Crippen molar-refractivity contribution in [1.82, 2.24) is 20.2 Å². The van der Waals surface area contributed by atoms with E-state index in [-0.39, 0.29) is 6.04 Å². The molecule has 0 amide bonds. The van der Waals surface area contributed by atoms with Gasteiger partial charge < -0.3 is 14.2 Å². The van der Waals surface area contributed by atoms with Gasteiger partial charge in [0, 0.05) is 23.0 Å². The van der Waals surface area contributed by atoms with Gasteiger partial charge >= 0.3 is 0 Å². The van der Waals surface area contributed by atoms with Crippen LogP contribution in [0.1, 0.15) is 18.9 Å². The molecular formula is C18H20ClN6O+. The fraction of sp³-hybridized carbons (Fsp3) is 0.333. The molecule has 0 radical (unpaired) electrons. The van der Waals surface area contributed by atoms with Crippen LogP contribution in [0.2, 0.25) is 5.02 Å². The predicted octanol–water partition coefficient (Wildman–Crippen LogP) is 1.65. The Morgan fingerprint density at radius 1 is 1.12 bits per heavy atom. The zero-order valence-corrected chi connectivity index (χ0v) is 15.2. The van der Waals surface area contributed by atoms with Crippen molar-refractivity contribution < 1.29 is 9.32 Å². The van der Waals surface area contributed by atoms with Crippen LogP contribution in [0.25, 0.3) is 11.5 Å². The molecule has 0 saturated carbocycles. The Kier molecular flexibility index (Phi) is 4.81. The second-order valence-electron chi connectivity index (χ2n) is 6.37. The number of anilines is 1. The van der Waals surface area contributed by atoms with Gasteiger partial charge in [0.15, 0.2) is 6.04 Å². The van der Waals surface area contributed by atoms with Gasteiger partial charge in [-0.25, -0.2) is 9.97 Å². The van der Waals surface area contributed by atoms with Crippen molar-refractivity contribution in [3.8, 4) is 11.5 Å². The molecule has 3 heterocycles. The van der Waals surface area contributed by atoms with Crippen molar-refractivity contribution in [1.29, 1.82) is 0 Å². The molecule has 1 fully saturated rings. The number of piperazine rings is 1. The van der Waals surface area contributed by atoms with Crippen LogP contribution in [-0.2, 0) is 0 Å². The Hall–Kier alpha value is -2.51. The molecule has 1 aromatic carbocycles. The molecule has 4 rings (SSSR count). The van der Waals surface area contributed by atoms with Crippen molar-refractivity contribution in [2.24, 2.45) is 0 Å². The summed E-state index contributed by atoms with van der Waals surface area (Å²) in [6.07, 6.45) is 3.56. The third kappa shape index (κ3) is 3.54. The van der Waals surface area contributed by atoms with E-state index in [0.29, 0.717) is 16.8 Å². The van der Waals surface area contributed by atoms with E-state index in [0.717, 1.165) is 37.7 Å². The van der Waals surface area contributed by atoms with Crippen molar-refractivity contribution in [3.05, 3.63) is 53.6 Å². The monoisotopic (exact) mass is 371 g/mol. The maximum absolute atomic E-state index is 6.04. The quantitative estimate of drug-likeness (QED) is 0.751. The van der Waals surface area contributed by atoms with Gasteiger partial charge in [0.2, 0.25) is 11.8 Å². The second kappa shape index (κ2) is 7.39. The molecule has 7 nitrogen and oxygen atoms in total. The number of hydrogen-bond donors (Lipinski definition) is 1. The van der Waals surface area contributed by atoms with Gasteiger partial charge in [-0.3, -0.25) is 0 Å². The largest absolute Gasteiger partial charge is 0.415 e. The number of nitrogens with zero attached hydrogens (tertiary/aromatic N) is 5. The van der Waals surface area contributed by atoms with E-state index >= 15 is 0 Å². The van der Waals surface area contributed by atoms with E-state index in [1.165, 1.54) is 4.90 Å². The van der Waals surface area contributed by atoms with Crippen molar-refractivity contribution in [2.45, 2.75) is 13.0 Å². The Morgan fingerprint density at radius 3 is 2.62 bits per heavy atom. The summed E-state index contributed by atoms with van der Waals surface area (Å²) in [5.74, 6) is 1.95. The maximum Gasteiger partial charge on any atom is 0.274 e. The maximum atomic E-state index is 6.04. The molecule has 1 aliphatic rings. The van der Waals surface area contributed by atoms with Crippen LogP contribution in [0.15, 0.2) is 47.1 Å². The topological polar surface area (TPSA) is 72.4 Å². The van der Waals surface area contributed by atoms with Crippen LogP contribution < -0.4 is 9.80 Å². The normalized spacial score (nSPS) is 16.6. The van der Waals surface area contributed by atoms with Gasteiger partial charge in [0.1, 0.15) is 0 Å². The Labute approximate surface area is 156 Å². The smallest absolute Gasteiger partial charge is 0.274 e. The molecule has 8 heteroatoms. The molecule has 0 aliphatic carbocycles. The van der Waals surface area contributed by atoms with E-state index in [2.05, 4.69) is 32.0 Å². The number of rotatable bonds is 4. The third-order valence-corrected chi connectivity index (χ3v) is 4.97. The fourth-order valence-electron chi connectivity index (χ4n) is 3.20. The summed E-state index contributed by atoms with van der Waals surface area (Å²) in [7, 11) is 0. The van der Waals surface area contributed by atoms with Crippen molar-refractivity contribution in [3.63, 3.8) is 0 Å². The summed E-state index contributed by atoms with van der Waals surface area (Å²) in [4.78, 5) is 12.3. The van der Waals surface area contributed by atoms with Crippen LogP contribution in [0, 0.1) is 0 Å². The van der Waals surface area contributed by atoms with E-state index in [4.69, 9.17) is 16.0 Å². The van der Waals surface area contributed by atoms with E-state index < -0.39 is 0 Å². The first-order chi connectivity index (χ1) is 12.7.